The van der Waals surface area contributed by atoms with Crippen LogP contribution in [0.3, 0.4) is 0 Å². The standard InChI is InChI=1S/C32H29ClN2O7/c1-39-27-10-4-5-11-28(27)40-16-15-34-26(23-17-20(19-33)13-14-21(23)32(37)38)18-30(36)42-41-29-12-6-9-25-31(29)22-7-2-3-8-24(22)35-25/h2-14,17,26,34-35H,15-16,18-19H2,1H3,(H,37,38). The van der Waals surface area contributed by atoms with Crippen molar-refractivity contribution in [3.8, 4) is 17.2 Å². The highest BCUT2D eigenvalue weighted by molar-refractivity contribution is 6.17. The molecule has 0 aliphatic heterocycles. The number of hydrogen-bond donors (Lipinski definition) is 3. The quantitative estimate of drug-likeness (QED) is 0.0625. The number of methoxy groups -OCH3 is 1. The van der Waals surface area contributed by atoms with E-state index in [1.54, 1.807) is 43.5 Å². The van der Waals surface area contributed by atoms with E-state index in [9.17, 15) is 14.7 Å². The van der Waals surface area contributed by atoms with Gasteiger partial charge in [-0.3, -0.25) is 9.78 Å². The van der Waals surface area contributed by atoms with Crippen molar-refractivity contribution in [3.05, 3.63) is 102 Å². The lowest BCUT2D eigenvalue weighted by molar-refractivity contribution is -0.213. The van der Waals surface area contributed by atoms with Crippen molar-refractivity contribution >= 4 is 45.3 Å². The van der Waals surface area contributed by atoms with Crippen LogP contribution in [-0.4, -0.2) is 42.3 Å². The van der Waals surface area contributed by atoms with Crippen LogP contribution in [0, 0.1) is 0 Å². The van der Waals surface area contributed by atoms with Crippen molar-refractivity contribution < 1.29 is 33.9 Å². The highest BCUT2D eigenvalue weighted by atomic mass is 35.5. The molecule has 5 aromatic rings. The number of carboxylic acid groups (broad SMARTS) is 1. The summed E-state index contributed by atoms with van der Waals surface area (Å²) in [6, 6.07) is 24.5. The normalized spacial score (nSPS) is 11.8. The number of para-hydroxylation sites is 3. The Bertz CT molecular complexity index is 1720. The molecule has 1 heterocycles. The van der Waals surface area contributed by atoms with Gasteiger partial charge >= 0.3 is 11.9 Å². The highest BCUT2D eigenvalue weighted by Gasteiger charge is 2.24. The van der Waals surface area contributed by atoms with Gasteiger partial charge in [-0.1, -0.05) is 48.5 Å². The van der Waals surface area contributed by atoms with Gasteiger partial charge in [-0.05, 0) is 47.5 Å². The van der Waals surface area contributed by atoms with Crippen LogP contribution in [0.1, 0.15) is 33.9 Å². The number of alkyl halides is 1. The van der Waals surface area contributed by atoms with Crippen molar-refractivity contribution in [2.24, 2.45) is 0 Å². The minimum atomic E-state index is -1.13. The summed E-state index contributed by atoms with van der Waals surface area (Å²) in [5.41, 5.74) is 2.92. The van der Waals surface area contributed by atoms with Crippen molar-refractivity contribution in [1.82, 2.24) is 10.3 Å². The van der Waals surface area contributed by atoms with Crippen LogP contribution in [0.5, 0.6) is 17.2 Å². The molecule has 0 fully saturated rings. The van der Waals surface area contributed by atoms with Gasteiger partial charge in [0.2, 0.25) is 0 Å². The van der Waals surface area contributed by atoms with Crippen molar-refractivity contribution in [1.29, 1.82) is 0 Å². The molecule has 0 amide bonds. The van der Waals surface area contributed by atoms with Crippen molar-refractivity contribution in [2.45, 2.75) is 18.3 Å². The first kappa shape index (κ1) is 28.8. The van der Waals surface area contributed by atoms with Crippen LogP contribution in [-0.2, 0) is 15.6 Å². The zero-order chi connectivity index (χ0) is 29.5. The zero-order valence-corrected chi connectivity index (χ0v) is 23.5. The lowest BCUT2D eigenvalue weighted by Crippen LogP contribution is -2.30. The second-order valence-electron chi connectivity index (χ2n) is 9.46. The summed E-state index contributed by atoms with van der Waals surface area (Å²) < 4.78 is 11.2. The lowest BCUT2D eigenvalue weighted by Gasteiger charge is -2.21. The molecule has 1 atom stereocenters. The molecule has 216 valence electrons. The van der Waals surface area contributed by atoms with E-state index in [2.05, 4.69) is 10.3 Å². The van der Waals surface area contributed by atoms with Gasteiger partial charge in [0.15, 0.2) is 17.2 Å². The third kappa shape index (κ3) is 6.43. The smallest absolute Gasteiger partial charge is 0.357 e. The molecule has 0 aliphatic carbocycles. The average Bonchev–Trinajstić information content (AvgIpc) is 3.40. The second-order valence-corrected chi connectivity index (χ2v) is 9.73. The van der Waals surface area contributed by atoms with Gasteiger partial charge in [-0.15, -0.1) is 11.6 Å². The molecule has 0 aliphatic rings. The minimum absolute atomic E-state index is 0.0456. The monoisotopic (exact) mass is 588 g/mol. The summed E-state index contributed by atoms with van der Waals surface area (Å²) in [6.07, 6.45) is -0.218. The summed E-state index contributed by atoms with van der Waals surface area (Å²) in [4.78, 5) is 39.3. The fourth-order valence-corrected chi connectivity index (χ4v) is 5.00. The number of nitrogens with one attached hydrogen (secondary N) is 2. The maximum Gasteiger partial charge on any atom is 0.357 e. The Morgan fingerprint density at radius 1 is 0.929 bits per heavy atom. The van der Waals surface area contributed by atoms with Gasteiger partial charge < -0.3 is 24.9 Å². The van der Waals surface area contributed by atoms with Gasteiger partial charge in [0.05, 0.1) is 30.0 Å². The van der Waals surface area contributed by atoms with Gasteiger partial charge in [-0.25, -0.2) is 9.59 Å². The number of aromatic carboxylic acids is 1. The third-order valence-corrected chi connectivity index (χ3v) is 7.09. The molecule has 3 N–H and O–H groups in total. The van der Waals surface area contributed by atoms with Crippen LogP contribution in [0.4, 0.5) is 0 Å². The number of hydrogen-bond acceptors (Lipinski definition) is 7. The van der Waals surface area contributed by atoms with Crippen molar-refractivity contribution in [3.63, 3.8) is 0 Å². The molecule has 1 aromatic heterocycles. The Hall–Kier alpha value is -4.73. The number of ether oxygens (including phenoxy) is 2. The summed E-state index contributed by atoms with van der Waals surface area (Å²) in [6.45, 7) is 0.512. The Morgan fingerprint density at radius 3 is 2.45 bits per heavy atom. The first-order valence-electron chi connectivity index (χ1n) is 13.3. The van der Waals surface area contributed by atoms with E-state index in [-0.39, 0.29) is 31.0 Å². The number of aromatic nitrogens is 1. The number of carbonyl (C=O) groups is 2. The Kier molecular flexibility index (Phi) is 9.11. The number of fused-ring (bicyclic) bond motifs is 3. The average molecular weight is 589 g/mol. The van der Waals surface area contributed by atoms with E-state index in [0.29, 0.717) is 28.4 Å². The predicted octanol–water partition coefficient (Wildman–Crippen LogP) is 6.40. The van der Waals surface area contributed by atoms with E-state index < -0.39 is 18.0 Å². The number of halogens is 1. The van der Waals surface area contributed by atoms with Crippen LogP contribution in [0.15, 0.2) is 84.9 Å². The van der Waals surface area contributed by atoms with E-state index >= 15 is 0 Å². The molecule has 5 rings (SSSR count). The van der Waals surface area contributed by atoms with Gasteiger partial charge in [-0.2, -0.15) is 0 Å². The molecule has 4 aromatic carbocycles. The van der Waals surface area contributed by atoms with E-state index in [1.165, 1.54) is 6.07 Å². The lowest BCUT2D eigenvalue weighted by atomic mass is 9.95. The Morgan fingerprint density at radius 2 is 1.67 bits per heavy atom. The zero-order valence-electron chi connectivity index (χ0n) is 22.8. The molecular formula is C32H29ClN2O7. The summed E-state index contributed by atoms with van der Waals surface area (Å²) in [5, 5.41) is 14.8. The van der Waals surface area contributed by atoms with Crippen LogP contribution in [0.25, 0.3) is 21.8 Å². The number of rotatable bonds is 13. The molecular weight excluding hydrogens is 560 g/mol. The van der Waals surface area contributed by atoms with E-state index in [0.717, 1.165) is 21.8 Å². The molecule has 0 saturated carbocycles. The third-order valence-electron chi connectivity index (χ3n) is 6.78. The SMILES string of the molecule is COc1ccccc1OCCNC(CC(=O)OOc1cccc2[nH]c3ccccc3c12)c1cc(CCl)ccc1C(=O)O. The molecule has 0 spiro atoms. The Balaban J connectivity index is 1.33. The van der Waals surface area contributed by atoms with Crippen molar-refractivity contribution in [2.75, 3.05) is 20.3 Å². The predicted molar refractivity (Wildman–Crippen MR) is 159 cm³/mol. The number of benzene rings is 4. The van der Waals surface area contributed by atoms with Gasteiger partial charge in [0, 0.05) is 29.4 Å². The summed E-state index contributed by atoms with van der Waals surface area (Å²) in [5.74, 6) is -0.112. The Labute approximate surface area is 246 Å². The molecule has 42 heavy (non-hydrogen) atoms. The second kappa shape index (κ2) is 13.3. The molecule has 0 radical (unpaired) electrons. The molecule has 10 heteroatoms. The maximum absolute atomic E-state index is 13.1. The number of H-pyrrole nitrogens is 1. The first-order chi connectivity index (χ1) is 20.5. The fraction of sp³-hybridized carbons (Fsp3) is 0.188. The molecule has 0 saturated heterocycles. The minimum Gasteiger partial charge on any atom is -0.493 e. The fourth-order valence-electron chi connectivity index (χ4n) is 4.83. The molecule has 9 nitrogen and oxygen atoms in total. The molecule has 0 bridgehead atoms. The van der Waals surface area contributed by atoms with Gasteiger partial charge in [0.25, 0.3) is 0 Å². The van der Waals surface area contributed by atoms with Crippen LogP contribution >= 0.6 is 11.6 Å². The van der Waals surface area contributed by atoms with E-state index in [4.69, 9.17) is 30.8 Å². The van der Waals surface area contributed by atoms with Crippen LogP contribution in [0.2, 0.25) is 0 Å². The van der Waals surface area contributed by atoms with E-state index in [1.807, 2.05) is 42.5 Å². The summed E-state index contributed by atoms with van der Waals surface area (Å²) in [7, 11) is 1.56. The topological polar surface area (TPSA) is 119 Å². The number of aromatic amines is 1. The maximum atomic E-state index is 13.1. The number of carbonyl (C=O) groups excluding carboxylic acids is 1. The summed E-state index contributed by atoms with van der Waals surface area (Å²) >= 11 is 6.05. The van der Waals surface area contributed by atoms with Gasteiger partial charge in [0.1, 0.15) is 6.61 Å². The first-order valence-corrected chi connectivity index (χ1v) is 13.8. The molecule has 1 unspecified atom stereocenters. The largest absolute Gasteiger partial charge is 0.493 e. The van der Waals surface area contributed by atoms with Crippen LogP contribution < -0.4 is 19.7 Å². The highest BCUT2D eigenvalue weighted by Crippen LogP contribution is 2.33. The number of carboxylic acids is 1.